The highest BCUT2D eigenvalue weighted by molar-refractivity contribution is 5.88. The molecule has 2 aromatic rings. The van der Waals surface area contributed by atoms with Crippen LogP contribution in [0.2, 0.25) is 0 Å². The lowest BCUT2D eigenvalue weighted by Crippen LogP contribution is -2.04. The first kappa shape index (κ1) is 12.2. The lowest BCUT2D eigenvalue weighted by Gasteiger charge is -2.05. The van der Waals surface area contributed by atoms with Gasteiger partial charge >= 0.3 is 5.97 Å². The van der Waals surface area contributed by atoms with Gasteiger partial charge in [0.15, 0.2) is 11.6 Å². The average Bonchev–Trinajstić information content (AvgIpc) is 2.41. The second-order valence-electron chi connectivity index (χ2n) is 3.52. The van der Waals surface area contributed by atoms with E-state index in [0.717, 1.165) is 6.07 Å². The lowest BCUT2D eigenvalue weighted by atomic mass is 10.1. The van der Waals surface area contributed by atoms with Crippen molar-refractivity contribution in [2.24, 2.45) is 0 Å². The minimum atomic E-state index is -0.959. The van der Waals surface area contributed by atoms with Gasteiger partial charge in [0.2, 0.25) is 0 Å². The Bertz CT molecular complexity index is 599. The summed E-state index contributed by atoms with van der Waals surface area (Å²) < 4.78 is 31.2. The van der Waals surface area contributed by atoms with Gasteiger partial charge in [0, 0.05) is 11.8 Å². The minimum absolute atomic E-state index is 0.0404. The van der Waals surface area contributed by atoms with Crippen molar-refractivity contribution in [3.05, 3.63) is 53.9 Å². The van der Waals surface area contributed by atoms with Gasteiger partial charge in [-0.15, -0.1) is 0 Å². The van der Waals surface area contributed by atoms with Crippen molar-refractivity contribution < 1.29 is 18.3 Å². The maximum atomic E-state index is 13.6. The maximum absolute atomic E-state index is 13.6. The SMILES string of the molecule is COC(=O)c1cc(-c2cccc(F)c2F)ccn1. The first-order valence-corrected chi connectivity index (χ1v) is 5.12. The standard InChI is InChI=1S/C13H9F2NO2/c1-18-13(17)11-7-8(5-6-16-11)9-3-2-4-10(14)12(9)15/h2-7H,1H3. The fourth-order valence-corrected chi connectivity index (χ4v) is 1.54. The van der Waals surface area contributed by atoms with Crippen LogP contribution < -0.4 is 0 Å². The summed E-state index contributed by atoms with van der Waals surface area (Å²) >= 11 is 0. The van der Waals surface area contributed by atoms with Crippen molar-refractivity contribution in [3.8, 4) is 11.1 Å². The molecule has 0 saturated heterocycles. The third kappa shape index (κ3) is 2.20. The van der Waals surface area contributed by atoms with Gasteiger partial charge in [-0.25, -0.2) is 18.6 Å². The zero-order chi connectivity index (χ0) is 13.1. The maximum Gasteiger partial charge on any atom is 0.356 e. The number of aromatic nitrogens is 1. The van der Waals surface area contributed by atoms with Crippen molar-refractivity contribution in [2.45, 2.75) is 0 Å². The summed E-state index contributed by atoms with van der Waals surface area (Å²) in [5, 5.41) is 0. The molecule has 92 valence electrons. The molecule has 1 heterocycles. The first-order chi connectivity index (χ1) is 8.63. The largest absolute Gasteiger partial charge is 0.464 e. The highest BCUT2D eigenvalue weighted by atomic mass is 19.2. The monoisotopic (exact) mass is 249 g/mol. The Balaban J connectivity index is 2.51. The molecule has 1 aromatic heterocycles. The predicted octanol–water partition coefficient (Wildman–Crippen LogP) is 2.81. The molecule has 2 rings (SSSR count). The molecule has 3 nitrogen and oxygen atoms in total. The number of methoxy groups -OCH3 is 1. The number of ether oxygens (including phenoxy) is 1. The lowest BCUT2D eigenvalue weighted by molar-refractivity contribution is 0.0594. The molecular weight excluding hydrogens is 240 g/mol. The number of benzene rings is 1. The number of hydrogen-bond acceptors (Lipinski definition) is 3. The van der Waals surface area contributed by atoms with Crippen LogP contribution in [0.25, 0.3) is 11.1 Å². The number of pyridine rings is 1. The molecule has 0 atom stereocenters. The van der Waals surface area contributed by atoms with Crippen LogP contribution in [0.4, 0.5) is 8.78 Å². The molecule has 0 N–H and O–H groups in total. The molecule has 0 aliphatic heterocycles. The van der Waals surface area contributed by atoms with E-state index in [9.17, 15) is 13.6 Å². The Morgan fingerprint density at radius 1 is 1.28 bits per heavy atom. The third-order valence-electron chi connectivity index (χ3n) is 2.42. The summed E-state index contributed by atoms with van der Waals surface area (Å²) in [5.74, 6) is -2.53. The van der Waals surface area contributed by atoms with Crippen molar-refractivity contribution in [3.63, 3.8) is 0 Å². The third-order valence-corrected chi connectivity index (χ3v) is 2.42. The fraction of sp³-hybridized carbons (Fsp3) is 0.0769. The summed E-state index contributed by atoms with van der Waals surface area (Å²) in [6.07, 6.45) is 1.34. The quantitative estimate of drug-likeness (QED) is 0.768. The van der Waals surface area contributed by atoms with Gasteiger partial charge in [0.25, 0.3) is 0 Å². The van der Waals surface area contributed by atoms with Crippen LogP contribution in [0.1, 0.15) is 10.5 Å². The number of carbonyl (C=O) groups is 1. The van der Waals surface area contributed by atoms with E-state index in [4.69, 9.17) is 0 Å². The van der Waals surface area contributed by atoms with E-state index in [2.05, 4.69) is 9.72 Å². The van der Waals surface area contributed by atoms with E-state index in [1.807, 2.05) is 0 Å². The van der Waals surface area contributed by atoms with Crippen molar-refractivity contribution >= 4 is 5.97 Å². The summed E-state index contributed by atoms with van der Waals surface area (Å²) in [6.45, 7) is 0. The summed E-state index contributed by atoms with van der Waals surface area (Å²) in [4.78, 5) is 15.1. The number of hydrogen-bond donors (Lipinski definition) is 0. The molecule has 0 bridgehead atoms. The van der Waals surface area contributed by atoms with Crippen molar-refractivity contribution in [1.29, 1.82) is 0 Å². The van der Waals surface area contributed by atoms with Crippen LogP contribution >= 0.6 is 0 Å². The van der Waals surface area contributed by atoms with Gasteiger partial charge in [-0.1, -0.05) is 12.1 Å². The number of halogens is 2. The second-order valence-corrected chi connectivity index (χ2v) is 3.52. The summed E-state index contributed by atoms with van der Waals surface area (Å²) in [7, 11) is 1.22. The summed E-state index contributed by atoms with van der Waals surface area (Å²) in [6, 6.07) is 6.69. The molecule has 0 aliphatic rings. The van der Waals surface area contributed by atoms with Gasteiger partial charge in [0.05, 0.1) is 7.11 Å². The van der Waals surface area contributed by atoms with E-state index in [1.54, 1.807) is 0 Å². The molecule has 5 heteroatoms. The van der Waals surface area contributed by atoms with E-state index in [0.29, 0.717) is 5.56 Å². The van der Waals surface area contributed by atoms with Crippen LogP contribution in [-0.4, -0.2) is 18.1 Å². The van der Waals surface area contributed by atoms with Crippen LogP contribution in [0.5, 0.6) is 0 Å². The van der Waals surface area contributed by atoms with Crippen LogP contribution in [0.3, 0.4) is 0 Å². The Labute approximate surface area is 102 Å². The molecule has 0 fully saturated rings. The molecule has 0 aliphatic carbocycles. The second kappa shape index (κ2) is 4.91. The normalized spacial score (nSPS) is 10.2. The van der Waals surface area contributed by atoms with Gasteiger partial charge < -0.3 is 4.74 Å². The Morgan fingerprint density at radius 2 is 2.06 bits per heavy atom. The zero-order valence-corrected chi connectivity index (χ0v) is 9.48. The van der Waals surface area contributed by atoms with Crippen LogP contribution in [0, 0.1) is 11.6 Å². The summed E-state index contributed by atoms with van der Waals surface area (Å²) in [5.41, 5.74) is 0.476. The highest BCUT2D eigenvalue weighted by Crippen LogP contribution is 2.24. The minimum Gasteiger partial charge on any atom is -0.464 e. The Kier molecular flexibility index (Phi) is 3.32. The Morgan fingerprint density at radius 3 is 2.78 bits per heavy atom. The number of carbonyl (C=O) groups excluding carboxylic acids is 1. The van der Waals surface area contributed by atoms with E-state index >= 15 is 0 Å². The number of rotatable bonds is 2. The number of nitrogens with zero attached hydrogens (tertiary/aromatic N) is 1. The molecular formula is C13H9F2NO2. The van der Waals surface area contributed by atoms with E-state index < -0.39 is 17.6 Å². The Hall–Kier alpha value is -2.30. The molecule has 0 saturated carbocycles. The fourth-order valence-electron chi connectivity index (χ4n) is 1.54. The molecule has 0 amide bonds. The molecule has 18 heavy (non-hydrogen) atoms. The van der Waals surface area contributed by atoms with Crippen molar-refractivity contribution in [1.82, 2.24) is 4.98 Å². The highest BCUT2D eigenvalue weighted by Gasteiger charge is 2.13. The van der Waals surface area contributed by atoms with E-state index in [1.165, 1.54) is 37.6 Å². The molecule has 0 unspecified atom stereocenters. The smallest absolute Gasteiger partial charge is 0.356 e. The molecule has 0 radical (unpaired) electrons. The first-order valence-electron chi connectivity index (χ1n) is 5.12. The van der Waals surface area contributed by atoms with Crippen LogP contribution in [-0.2, 0) is 4.74 Å². The van der Waals surface area contributed by atoms with Gasteiger partial charge in [-0.05, 0) is 23.8 Å². The number of esters is 1. The van der Waals surface area contributed by atoms with Gasteiger partial charge in [-0.2, -0.15) is 0 Å². The molecule has 0 spiro atoms. The molecule has 1 aromatic carbocycles. The zero-order valence-electron chi connectivity index (χ0n) is 9.48. The van der Waals surface area contributed by atoms with Crippen LogP contribution in [0.15, 0.2) is 36.5 Å². The topological polar surface area (TPSA) is 39.2 Å². The predicted molar refractivity (Wildman–Crippen MR) is 60.9 cm³/mol. The average molecular weight is 249 g/mol. The van der Waals surface area contributed by atoms with E-state index in [-0.39, 0.29) is 11.3 Å². The van der Waals surface area contributed by atoms with Crippen molar-refractivity contribution in [2.75, 3.05) is 7.11 Å². The van der Waals surface area contributed by atoms with Gasteiger partial charge in [0.1, 0.15) is 5.69 Å². The van der Waals surface area contributed by atoms with Gasteiger partial charge in [-0.3, -0.25) is 0 Å².